The van der Waals surface area contributed by atoms with E-state index in [9.17, 15) is 4.79 Å². The van der Waals surface area contributed by atoms with E-state index in [0.29, 0.717) is 12.4 Å². The maximum absolute atomic E-state index is 12.2. The molecule has 2 heterocycles. The molecule has 1 aliphatic rings. The van der Waals surface area contributed by atoms with Crippen LogP contribution in [-0.4, -0.2) is 19.0 Å². The molecular weight excluding hydrogens is 216 g/mol. The van der Waals surface area contributed by atoms with Gasteiger partial charge in [-0.05, 0) is 25.0 Å². The van der Waals surface area contributed by atoms with Crippen molar-refractivity contribution >= 4 is 16.8 Å². The Bertz CT molecular complexity index is 502. The summed E-state index contributed by atoms with van der Waals surface area (Å²) in [7, 11) is 0. The van der Waals surface area contributed by atoms with E-state index in [2.05, 4.69) is 0 Å². The van der Waals surface area contributed by atoms with Crippen LogP contribution in [0.5, 0.6) is 0 Å². The largest absolute Gasteiger partial charge is 0.453 e. The van der Waals surface area contributed by atoms with Gasteiger partial charge in [-0.2, -0.15) is 0 Å². The Balaban J connectivity index is 1.89. The van der Waals surface area contributed by atoms with Gasteiger partial charge in [0.15, 0.2) is 5.76 Å². The first-order chi connectivity index (χ1) is 8.34. The lowest BCUT2D eigenvalue weighted by atomic mass is 9.96. The minimum Gasteiger partial charge on any atom is -0.453 e. The van der Waals surface area contributed by atoms with Crippen molar-refractivity contribution in [3.8, 4) is 0 Å². The van der Waals surface area contributed by atoms with Crippen molar-refractivity contribution in [2.45, 2.75) is 12.8 Å². The fourth-order valence-corrected chi connectivity index (χ4v) is 2.25. The zero-order valence-electron chi connectivity index (χ0n) is 9.52. The first-order valence-electron chi connectivity index (χ1n) is 5.95. The number of hydrogen-bond acceptors (Lipinski definition) is 3. The maximum Gasteiger partial charge on any atom is 0.203 e. The molecule has 2 aromatic rings. The van der Waals surface area contributed by atoms with Crippen LogP contribution in [0.4, 0.5) is 0 Å². The first-order valence-corrected chi connectivity index (χ1v) is 5.95. The number of benzene rings is 1. The second-order valence-corrected chi connectivity index (χ2v) is 4.43. The van der Waals surface area contributed by atoms with Gasteiger partial charge in [-0.1, -0.05) is 18.2 Å². The van der Waals surface area contributed by atoms with Crippen LogP contribution in [-0.2, 0) is 4.74 Å². The van der Waals surface area contributed by atoms with Gasteiger partial charge < -0.3 is 9.15 Å². The molecule has 1 unspecified atom stereocenters. The monoisotopic (exact) mass is 230 g/mol. The standard InChI is InChI=1S/C14H14O3/c15-14(11-5-3-7-16-9-11)13-8-10-4-1-2-6-12(10)17-13/h1-2,4,6,8,11H,3,5,7,9H2. The lowest BCUT2D eigenvalue weighted by molar-refractivity contribution is 0.0445. The summed E-state index contributed by atoms with van der Waals surface area (Å²) in [6, 6.07) is 9.50. The highest BCUT2D eigenvalue weighted by atomic mass is 16.5. The quantitative estimate of drug-likeness (QED) is 0.744. The van der Waals surface area contributed by atoms with Crippen molar-refractivity contribution < 1.29 is 13.9 Å². The number of ether oxygens (including phenoxy) is 1. The molecule has 0 N–H and O–H groups in total. The summed E-state index contributed by atoms with van der Waals surface area (Å²) in [6.07, 6.45) is 1.85. The molecule has 0 bridgehead atoms. The van der Waals surface area contributed by atoms with Crippen molar-refractivity contribution in [2.24, 2.45) is 5.92 Å². The Hall–Kier alpha value is -1.61. The molecule has 88 valence electrons. The van der Waals surface area contributed by atoms with E-state index < -0.39 is 0 Å². The van der Waals surface area contributed by atoms with Crippen molar-refractivity contribution in [3.05, 3.63) is 36.1 Å². The fourth-order valence-electron chi connectivity index (χ4n) is 2.25. The van der Waals surface area contributed by atoms with Gasteiger partial charge >= 0.3 is 0 Å². The average molecular weight is 230 g/mol. The van der Waals surface area contributed by atoms with Gasteiger partial charge in [-0.25, -0.2) is 0 Å². The van der Waals surface area contributed by atoms with Crippen LogP contribution in [0.15, 0.2) is 34.7 Å². The second-order valence-electron chi connectivity index (χ2n) is 4.43. The van der Waals surface area contributed by atoms with Gasteiger partial charge in [0.2, 0.25) is 5.78 Å². The van der Waals surface area contributed by atoms with Crippen LogP contribution >= 0.6 is 0 Å². The van der Waals surface area contributed by atoms with Gasteiger partial charge in [0.1, 0.15) is 5.58 Å². The van der Waals surface area contributed by atoms with Gasteiger partial charge in [0.05, 0.1) is 6.61 Å². The minimum absolute atomic E-state index is 0.0377. The summed E-state index contributed by atoms with van der Waals surface area (Å²) in [5.74, 6) is 0.493. The molecule has 3 rings (SSSR count). The van der Waals surface area contributed by atoms with Crippen LogP contribution in [0.2, 0.25) is 0 Å². The van der Waals surface area contributed by atoms with E-state index in [0.717, 1.165) is 30.4 Å². The van der Waals surface area contributed by atoms with Gasteiger partial charge in [0.25, 0.3) is 0 Å². The minimum atomic E-state index is -0.0377. The van der Waals surface area contributed by atoms with E-state index in [1.165, 1.54) is 0 Å². The van der Waals surface area contributed by atoms with Crippen LogP contribution in [0, 0.1) is 5.92 Å². The predicted octanol–water partition coefficient (Wildman–Crippen LogP) is 3.04. The Kier molecular flexibility index (Phi) is 2.69. The van der Waals surface area contributed by atoms with Crippen molar-refractivity contribution in [3.63, 3.8) is 0 Å². The Morgan fingerprint density at radius 3 is 2.94 bits per heavy atom. The highest BCUT2D eigenvalue weighted by Gasteiger charge is 2.25. The number of fused-ring (bicyclic) bond motifs is 1. The van der Waals surface area contributed by atoms with E-state index in [4.69, 9.17) is 9.15 Å². The molecule has 0 radical (unpaired) electrons. The highest BCUT2D eigenvalue weighted by molar-refractivity contribution is 5.99. The number of Topliss-reactive ketones (excluding diaryl/α,β-unsaturated/α-hetero) is 1. The Morgan fingerprint density at radius 2 is 2.18 bits per heavy atom. The summed E-state index contributed by atoms with van der Waals surface area (Å²) < 4.78 is 10.9. The summed E-state index contributed by atoms with van der Waals surface area (Å²) in [5, 5.41) is 0.979. The number of hydrogen-bond donors (Lipinski definition) is 0. The predicted molar refractivity (Wildman–Crippen MR) is 64.1 cm³/mol. The maximum atomic E-state index is 12.2. The first kappa shape index (κ1) is 10.5. The molecule has 1 aliphatic heterocycles. The molecule has 0 spiro atoms. The zero-order valence-corrected chi connectivity index (χ0v) is 9.52. The highest BCUT2D eigenvalue weighted by Crippen LogP contribution is 2.24. The summed E-state index contributed by atoms with van der Waals surface area (Å²) in [4.78, 5) is 12.2. The molecule has 17 heavy (non-hydrogen) atoms. The number of carbonyl (C=O) groups excluding carboxylic acids is 1. The van der Waals surface area contributed by atoms with Crippen LogP contribution in [0.25, 0.3) is 11.0 Å². The van der Waals surface area contributed by atoms with E-state index in [1.54, 1.807) is 0 Å². The summed E-state index contributed by atoms with van der Waals surface area (Å²) in [5.41, 5.74) is 0.771. The lowest BCUT2D eigenvalue weighted by Gasteiger charge is -2.19. The fraction of sp³-hybridized carbons (Fsp3) is 0.357. The smallest absolute Gasteiger partial charge is 0.203 e. The Labute approximate surface area is 99.4 Å². The normalized spacial score (nSPS) is 20.6. The lowest BCUT2D eigenvalue weighted by Crippen LogP contribution is -2.24. The molecule has 1 saturated heterocycles. The zero-order chi connectivity index (χ0) is 11.7. The number of carbonyl (C=O) groups is 1. The average Bonchev–Trinajstić information content (AvgIpc) is 2.82. The van der Waals surface area contributed by atoms with Gasteiger partial charge in [-0.3, -0.25) is 4.79 Å². The van der Waals surface area contributed by atoms with E-state index >= 15 is 0 Å². The molecule has 1 aromatic carbocycles. The molecule has 3 nitrogen and oxygen atoms in total. The molecule has 1 atom stereocenters. The summed E-state index contributed by atoms with van der Waals surface area (Å²) >= 11 is 0. The van der Waals surface area contributed by atoms with Gasteiger partial charge in [-0.15, -0.1) is 0 Å². The molecule has 3 heteroatoms. The van der Waals surface area contributed by atoms with E-state index in [-0.39, 0.29) is 11.7 Å². The molecule has 0 aliphatic carbocycles. The number of ketones is 1. The van der Waals surface area contributed by atoms with Gasteiger partial charge in [0, 0.05) is 17.9 Å². The molecule has 1 aromatic heterocycles. The van der Waals surface area contributed by atoms with Crippen LogP contribution in [0.1, 0.15) is 23.4 Å². The molecule has 0 amide bonds. The summed E-state index contributed by atoms with van der Waals surface area (Å²) in [6.45, 7) is 1.29. The Morgan fingerprint density at radius 1 is 1.29 bits per heavy atom. The van der Waals surface area contributed by atoms with Crippen LogP contribution in [0.3, 0.4) is 0 Å². The number of para-hydroxylation sites is 1. The van der Waals surface area contributed by atoms with Crippen molar-refractivity contribution in [2.75, 3.05) is 13.2 Å². The van der Waals surface area contributed by atoms with Crippen LogP contribution < -0.4 is 0 Å². The molecular formula is C14H14O3. The number of rotatable bonds is 2. The number of furan rings is 1. The topological polar surface area (TPSA) is 39.4 Å². The van der Waals surface area contributed by atoms with Crippen molar-refractivity contribution in [1.29, 1.82) is 0 Å². The third-order valence-corrected chi connectivity index (χ3v) is 3.20. The second kappa shape index (κ2) is 4.34. The van der Waals surface area contributed by atoms with Crippen molar-refractivity contribution in [1.82, 2.24) is 0 Å². The third-order valence-electron chi connectivity index (χ3n) is 3.20. The molecule has 0 saturated carbocycles. The SMILES string of the molecule is O=C(c1cc2ccccc2o1)C1CCCOC1. The third kappa shape index (κ3) is 1.98. The molecule has 1 fully saturated rings. The van der Waals surface area contributed by atoms with E-state index in [1.807, 2.05) is 30.3 Å².